The molecule has 2 aromatic rings. The van der Waals surface area contributed by atoms with E-state index in [4.69, 9.17) is 5.26 Å². The van der Waals surface area contributed by atoms with E-state index in [1.165, 1.54) is 0 Å². The lowest BCUT2D eigenvalue weighted by Crippen LogP contribution is -2.47. The standard InChI is InChI=1S/C11H13N7/c1-16-10(4-13-15-16)6-17-7-11(8-17)18-5-9(2-12)3-14-18/h3-5,11H,6-8H2,1H3. The van der Waals surface area contributed by atoms with Crippen molar-refractivity contribution in [2.75, 3.05) is 13.1 Å². The van der Waals surface area contributed by atoms with Crippen LogP contribution in [0.5, 0.6) is 0 Å². The predicted molar refractivity (Wildman–Crippen MR) is 62.3 cm³/mol. The molecule has 3 rings (SSSR count). The minimum atomic E-state index is 0.369. The molecule has 2 aromatic heterocycles. The Morgan fingerprint density at radius 1 is 1.44 bits per heavy atom. The number of likely N-dealkylation sites (tertiary alicyclic amines) is 1. The fraction of sp³-hybridized carbons (Fsp3) is 0.455. The van der Waals surface area contributed by atoms with Crippen LogP contribution >= 0.6 is 0 Å². The number of hydrogen-bond acceptors (Lipinski definition) is 5. The van der Waals surface area contributed by atoms with Crippen LogP contribution in [0.2, 0.25) is 0 Å². The van der Waals surface area contributed by atoms with Gasteiger partial charge in [-0.1, -0.05) is 5.21 Å². The zero-order valence-corrected chi connectivity index (χ0v) is 10.1. The van der Waals surface area contributed by atoms with Crippen LogP contribution < -0.4 is 0 Å². The number of nitriles is 1. The Balaban J connectivity index is 1.57. The van der Waals surface area contributed by atoms with E-state index >= 15 is 0 Å². The fourth-order valence-electron chi connectivity index (χ4n) is 2.12. The van der Waals surface area contributed by atoms with Gasteiger partial charge in [-0.05, 0) is 0 Å². The van der Waals surface area contributed by atoms with Crippen LogP contribution in [-0.2, 0) is 13.6 Å². The molecular weight excluding hydrogens is 230 g/mol. The van der Waals surface area contributed by atoms with Crippen molar-refractivity contribution in [1.29, 1.82) is 5.26 Å². The second kappa shape index (κ2) is 4.23. The first kappa shape index (κ1) is 10.9. The van der Waals surface area contributed by atoms with Gasteiger partial charge in [0.25, 0.3) is 0 Å². The molecule has 0 N–H and O–H groups in total. The summed E-state index contributed by atoms with van der Waals surface area (Å²) in [4.78, 5) is 2.30. The highest BCUT2D eigenvalue weighted by Gasteiger charge is 2.29. The average molecular weight is 243 g/mol. The van der Waals surface area contributed by atoms with Crippen LogP contribution in [0.3, 0.4) is 0 Å². The van der Waals surface area contributed by atoms with Gasteiger partial charge in [-0.2, -0.15) is 10.4 Å². The molecule has 0 saturated carbocycles. The molecule has 0 aliphatic carbocycles. The predicted octanol–water partition coefficient (Wildman–Crippen LogP) is -0.0598. The monoisotopic (exact) mass is 243 g/mol. The van der Waals surface area contributed by atoms with Gasteiger partial charge in [0, 0.05) is 32.9 Å². The first-order valence-corrected chi connectivity index (χ1v) is 5.76. The maximum Gasteiger partial charge on any atom is 0.102 e. The topological polar surface area (TPSA) is 75.6 Å². The lowest BCUT2D eigenvalue weighted by atomic mass is 10.1. The normalized spacial score (nSPS) is 16.4. The first-order valence-electron chi connectivity index (χ1n) is 5.76. The highest BCUT2D eigenvalue weighted by atomic mass is 15.4. The summed E-state index contributed by atoms with van der Waals surface area (Å²) >= 11 is 0. The van der Waals surface area contributed by atoms with Crippen molar-refractivity contribution >= 4 is 0 Å². The van der Waals surface area contributed by atoms with Crippen molar-refractivity contribution in [1.82, 2.24) is 29.7 Å². The molecule has 1 saturated heterocycles. The molecule has 0 amide bonds. The van der Waals surface area contributed by atoms with Crippen molar-refractivity contribution in [3.05, 3.63) is 29.8 Å². The Morgan fingerprint density at radius 3 is 2.89 bits per heavy atom. The lowest BCUT2D eigenvalue weighted by molar-refractivity contribution is 0.0882. The Hall–Kier alpha value is -2.20. The molecule has 0 unspecified atom stereocenters. The number of nitrogens with zero attached hydrogens (tertiary/aromatic N) is 7. The quantitative estimate of drug-likeness (QED) is 0.755. The van der Waals surface area contributed by atoms with Crippen molar-refractivity contribution in [3.8, 4) is 6.07 Å². The molecule has 1 aliphatic rings. The second-order valence-corrected chi connectivity index (χ2v) is 4.52. The van der Waals surface area contributed by atoms with Crippen molar-refractivity contribution < 1.29 is 0 Å². The van der Waals surface area contributed by atoms with Crippen molar-refractivity contribution in [2.24, 2.45) is 7.05 Å². The molecule has 7 heteroatoms. The molecule has 1 aliphatic heterocycles. The highest BCUT2D eigenvalue weighted by Crippen LogP contribution is 2.22. The number of aromatic nitrogens is 5. The molecule has 0 radical (unpaired) electrons. The van der Waals surface area contributed by atoms with Gasteiger partial charge in [-0.3, -0.25) is 14.3 Å². The van der Waals surface area contributed by atoms with E-state index in [0.717, 1.165) is 25.3 Å². The number of hydrogen-bond donors (Lipinski definition) is 0. The molecule has 0 aromatic carbocycles. The summed E-state index contributed by atoms with van der Waals surface area (Å²) in [5, 5.41) is 20.7. The minimum absolute atomic E-state index is 0.369. The minimum Gasteiger partial charge on any atom is -0.293 e. The third-order valence-electron chi connectivity index (χ3n) is 3.24. The van der Waals surface area contributed by atoms with Gasteiger partial charge in [-0.25, -0.2) is 0 Å². The molecule has 3 heterocycles. The molecular formula is C11H13N7. The van der Waals surface area contributed by atoms with Crippen LogP contribution in [0.15, 0.2) is 18.6 Å². The first-order chi connectivity index (χ1) is 8.76. The zero-order chi connectivity index (χ0) is 12.5. The summed E-state index contributed by atoms with van der Waals surface area (Å²) in [6, 6.07) is 2.46. The third kappa shape index (κ3) is 1.87. The van der Waals surface area contributed by atoms with Gasteiger partial charge in [0.2, 0.25) is 0 Å². The molecule has 7 nitrogen and oxygen atoms in total. The Labute approximate surface area is 104 Å². The molecule has 1 fully saturated rings. The Kier molecular flexibility index (Phi) is 2.57. The third-order valence-corrected chi connectivity index (χ3v) is 3.24. The summed E-state index contributed by atoms with van der Waals surface area (Å²) < 4.78 is 3.66. The SMILES string of the molecule is Cn1nncc1CN1CC(n2cc(C#N)cn2)C1. The average Bonchev–Trinajstić information content (AvgIpc) is 2.92. The number of rotatable bonds is 3. The van der Waals surface area contributed by atoms with Gasteiger partial charge in [0.05, 0.1) is 29.7 Å². The lowest BCUT2D eigenvalue weighted by Gasteiger charge is -2.38. The zero-order valence-electron chi connectivity index (χ0n) is 10.1. The summed E-state index contributed by atoms with van der Waals surface area (Å²) in [5.74, 6) is 0. The molecule has 0 spiro atoms. The van der Waals surface area contributed by atoms with E-state index in [2.05, 4.69) is 26.4 Å². The Morgan fingerprint density at radius 2 is 2.28 bits per heavy atom. The van der Waals surface area contributed by atoms with E-state index in [9.17, 15) is 0 Å². The van der Waals surface area contributed by atoms with Crippen molar-refractivity contribution in [3.63, 3.8) is 0 Å². The van der Waals surface area contributed by atoms with Crippen LogP contribution in [0.1, 0.15) is 17.3 Å². The van der Waals surface area contributed by atoms with E-state index in [0.29, 0.717) is 11.6 Å². The van der Waals surface area contributed by atoms with Crippen molar-refractivity contribution in [2.45, 2.75) is 12.6 Å². The molecule has 0 atom stereocenters. The maximum atomic E-state index is 8.75. The van der Waals surface area contributed by atoms with E-state index in [-0.39, 0.29) is 0 Å². The van der Waals surface area contributed by atoms with E-state index in [1.807, 2.05) is 11.7 Å². The van der Waals surface area contributed by atoms with Crippen LogP contribution in [-0.4, -0.2) is 42.8 Å². The summed E-state index contributed by atoms with van der Waals surface area (Å²) in [5.41, 5.74) is 1.72. The van der Waals surface area contributed by atoms with E-state index in [1.54, 1.807) is 23.3 Å². The second-order valence-electron chi connectivity index (χ2n) is 4.52. The summed E-state index contributed by atoms with van der Waals surface area (Å²) in [7, 11) is 1.90. The van der Waals surface area contributed by atoms with Crippen LogP contribution in [0.4, 0.5) is 0 Å². The number of aryl methyl sites for hydroxylation is 1. The van der Waals surface area contributed by atoms with Crippen LogP contribution in [0.25, 0.3) is 0 Å². The molecule has 92 valence electrons. The van der Waals surface area contributed by atoms with Gasteiger partial charge < -0.3 is 0 Å². The maximum absolute atomic E-state index is 8.75. The smallest absolute Gasteiger partial charge is 0.102 e. The van der Waals surface area contributed by atoms with Gasteiger partial charge in [0.15, 0.2) is 0 Å². The summed E-state index contributed by atoms with van der Waals surface area (Å²) in [6.45, 7) is 2.74. The van der Waals surface area contributed by atoms with E-state index < -0.39 is 0 Å². The van der Waals surface area contributed by atoms with Gasteiger partial charge in [0.1, 0.15) is 6.07 Å². The van der Waals surface area contributed by atoms with Crippen LogP contribution in [0, 0.1) is 11.3 Å². The molecule has 18 heavy (non-hydrogen) atoms. The summed E-state index contributed by atoms with van der Waals surface area (Å²) in [6.07, 6.45) is 5.19. The fourth-order valence-corrected chi connectivity index (χ4v) is 2.12. The molecule has 0 bridgehead atoms. The Bertz CT molecular complexity index is 585. The van der Waals surface area contributed by atoms with Gasteiger partial charge >= 0.3 is 0 Å². The highest BCUT2D eigenvalue weighted by molar-refractivity contribution is 5.22. The van der Waals surface area contributed by atoms with Gasteiger partial charge in [-0.15, -0.1) is 5.10 Å². The largest absolute Gasteiger partial charge is 0.293 e.